The summed E-state index contributed by atoms with van der Waals surface area (Å²) in [7, 11) is 0. The lowest BCUT2D eigenvalue weighted by Crippen LogP contribution is -2.55. The normalized spacial score (nSPS) is 25.8. The van der Waals surface area contributed by atoms with E-state index in [-0.39, 0.29) is 30.0 Å². The van der Waals surface area contributed by atoms with E-state index in [0.29, 0.717) is 6.42 Å². The highest BCUT2D eigenvalue weighted by molar-refractivity contribution is 6.07. The van der Waals surface area contributed by atoms with Gasteiger partial charge in [0.05, 0.1) is 17.3 Å². The summed E-state index contributed by atoms with van der Waals surface area (Å²) >= 11 is 0. The Morgan fingerprint density at radius 2 is 1.56 bits per heavy atom. The van der Waals surface area contributed by atoms with Crippen LogP contribution in [0.2, 0.25) is 0 Å². The van der Waals surface area contributed by atoms with Crippen LogP contribution in [0, 0.1) is 23.2 Å². The molecule has 0 aliphatic carbocycles. The maximum atomic E-state index is 13.9. The zero-order valence-corrected chi connectivity index (χ0v) is 31.3. The van der Waals surface area contributed by atoms with Gasteiger partial charge in [0.2, 0.25) is 12.5 Å². The number of phenolic OH excluding ortho intramolecular Hbond substituents is 1. The number of esters is 4. The van der Waals surface area contributed by atoms with Gasteiger partial charge in [-0.15, -0.1) is 0 Å². The van der Waals surface area contributed by atoms with E-state index < -0.39 is 101 Å². The quantitative estimate of drug-likeness (QED) is 0.0942. The average Bonchev–Trinajstić information content (AvgIpc) is 3.06. The third-order valence-corrected chi connectivity index (χ3v) is 8.63. The molecule has 16 nitrogen and oxygen atoms in total. The summed E-state index contributed by atoms with van der Waals surface area (Å²) in [6, 6.07) is 0.791. The topological polar surface area (TPSA) is 230 Å². The first-order valence-electron chi connectivity index (χ1n) is 17.2. The van der Waals surface area contributed by atoms with Gasteiger partial charge < -0.3 is 40.0 Å². The zero-order valence-electron chi connectivity index (χ0n) is 31.3. The Labute approximate surface area is 303 Å². The van der Waals surface area contributed by atoms with Crippen molar-refractivity contribution in [1.82, 2.24) is 10.6 Å². The first kappa shape index (κ1) is 43.1. The number of ketones is 1. The Morgan fingerprint density at radius 3 is 2.12 bits per heavy atom. The van der Waals surface area contributed by atoms with Crippen molar-refractivity contribution >= 4 is 53.6 Å². The zero-order chi connectivity index (χ0) is 39.7. The van der Waals surface area contributed by atoms with E-state index in [1.165, 1.54) is 45.9 Å². The van der Waals surface area contributed by atoms with Gasteiger partial charge in [-0.2, -0.15) is 0 Å². The van der Waals surface area contributed by atoms with Gasteiger partial charge in [0.15, 0.2) is 29.8 Å². The largest absolute Gasteiger partial charge is 0.505 e. The number of para-hydroxylation sites is 1. The summed E-state index contributed by atoms with van der Waals surface area (Å²) in [6.45, 7) is 15.1. The summed E-state index contributed by atoms with van der Waals surface area (Å²) in [5, 5.41) is 17.8. The molecule has 288 valence electrons. The van der Waals surface area contributed by atoms with Crippen molar-refractivity contribution in [2.45, 2.75) is 119 Å². The molecule has 1 heterocycles. The van der Waals surface area contributed by atoms with Crippen LogP contribution in [0.1, 0.15) is 92.4 Å². The molecule has 4 N–H and O–H groups in total. The van der Waals surface area contributed by atoms with E-state index in [4.69, 9.17) is 18.9 Å². The number of hydrogen-bond acceptors (Lipinski definition) is 13. The first-order valence-corrected chi connectivity index (χ1v) is 17.2. The van der Waals surface area contributed by atoms with Crippen molar-refractivity contribution in [3.8, 4) is 5.75 Å². The average molecular weight is 734 g/mol. The Balaban J connectivity index is 2.66. The highest BCUT2D eigenvalue weighted by Gasteiger charge is 2.46. The number of ether oxygens (including phenoxy) is 4. The third-order valence-electron chi connectivity index (χ3n) is 8.63. The SMILES string of the molecule is CCC(C)C1OC(=O)[C@H](C)OC(=O)C(NC(=O)c2cccc(NC=O)c2O)[C@@H](C)OC(=O)[C@H](C(C)C)OC(=O)C(C)(C)C(=O)C(CC(C)C)NC1=O. The smallest absolute Gasteiger partial charge is 0.348 e. The summed E-state index contributed by atoms with van der Waals surface area (Å²) in [6.07, 6.45) is -5.48. The molecule has 7 atom stereocenters. The van der Waals surface area contributed by atoms with Crippen LogP contribution in [0.15, 0.2) is 18.2 Å². The summed E-state index contributed by atoms with van der Waals surface area (Å²) < 4.78 is 22.0. The summed E-state index contributed by atoms with van der Waals surface area (Å²) in [4.78, 5) is 106. The van der Waals surface area contributed by atoms with Crippen LogP contribution in [0.5, 0.6) is 5.75 Å². The minimum Gasteiger partial charge on any atom is -0.505 e. The van der Waals surface area contributed by atoms with Gasteiger partial charge in [-0.25, -0.2) is 14.4 Å². The molecule has 0 saturated carbocycles. The van der Waals surface area contributed by atoms with Crippen molar-refractivity contribution in [2.24, 2.45) is 23.2 Å². The minimum atomic E-state index is -1.88. The second-order valence-corrected chi connectivity index (χ2v) is 14.1. The van der Waals surface area contributed by atoms with Crippen LogP contribution < -0.4 is 16.0 Å². The second kappa shape index (κ2) is 18.5. The van der Waals surface area contributed by atoms with E-state index in [1.54, 1.807) is 27.7 Å². The van der Waals surface area contributed by atoms with Gasteiger partial charge in [-0.1, -0.05) is 47.6 Å². The first-order chi connectivity index (χ1) is 24.2. The number of carbonyl (C=O) groups is 8. The van der Waals surface area contributed by atoms with Crippen molar-refractivity contribution in [2.75, 3.05) is 5.32 Å². The lowest BCUT2D eigenvalue weighted by atomic mass is 9.81. The van der Waals surface area contributed by atoms with Gasteiger partial charge in [0.25, 0.3) is 11.8 Å². The minimum absolute atomic E-state index is 0.117. The molecule has 2 rings (SSSR count). The van der Waals surface area contributed by atoms with Crippen LogP contribution >= 0.6 is 0 Å². The van der Waals surface area contributed by atoms with Crippen LogP contribution in [0.3, 0.4) is 0 Å². The number of rotatable bonds is 9. The van der Waals surface area contributed by atoms with E-state index >= 15 is 0 Å². The van der Waals surface area contributed by atoms with E-state index in [2.05, 4.69) is 16.0 Å². The number of aromatic hydroxyl groups is 1. The molecule has 1 saturated heterocycles. The van der Waals surface area contributed by atoms with E-state index in [9.17, 15) is 43.5 Å². The lowest BCUT2D eigenvalue weighted by molar-refractivity contribution is -0.184. The fourth-order valence-corrected chi connectivity index (χ4v) is 5.18. The maximum absolute atomic E-state index is 13.9. The maximum Gasteiger partial charge on any atom is 0.348 e. The number of anilines is 1. The fraction of sp³-hybridized carbons (Fsp3) is 0.611. The molecule has 16 heteroatoms. The molecule has 4 unspecified atom stereocenters. The molecule has 0 spiro atoms. The van der Waals surface area contributed by atoms with Crippen molar-refractivity contribution in [3.63, 3.8) is 0 Å². The fourth-order valence-electron chi connectivity index (χ4n) is 5.18. The summed E-state index contributed by atoms with van der Waals surface area (Å²) in [5.74, 6) is -9.27. The van der Waals surface area contributed by atoms with E-state index in [1.807, 2.05) is 13.8 Å². The molecule has 1 fully saturated rings. The van der Waals surface area contributed by atoms with Crippen LogP contribution in [-0.4, -0.2) is 89.5 Å². The molecule has 0 bridgehead atoms. The molecule has 1 aromatic rings. The van der Waals surface area contributed by atoms with Crippen molar-refractivity contribution in [1.29, 1.82) is 0 Å². The highest BCUT2D eigenvalue weighted by atomic mass is 16.6. The predicted octanol–water partition coefficient (Wildman–Crippen LogP) is 2.59. The molecule has 0 aromatic heterocycles. The Morgan fingerprint density at radius 1 is 0.923 bits per heavy atom. The molecule has 52 heavy (non-hydrogen) atoms. The van der Waals surface area contributed by atoms with Crippen LogP contribution in [0.4, 0.5) is 5.69 Å². The van der Waals surface area contributed by atoms with Crippen LogP contribution in [0.25, 0.3) is 0 Å². The van der Waals surface area contributed by atoms with Gasteiger partial charge in [0.1, 0.15) is 11.5 Å². The molecular weight excluding hydrogens is 682 g/mol. The monoisotopic (exact) mass is 733 g/mol. The van der Waals surface area contributed by atoms with Crippen LogP contribution in [-0.2, 0) is 52.5 Å². The van der Waals surface area contributed by atoms with Gasteiger partial charge in [-0.3, -0.25) is 24.0 Å². The number of cyclic esters (lactones) is 4. The van der Waals surface area contributed by atoms with E-state index in [0.717, 1.165) is 0 Å². The Hall–Kier alpha value is -5.02. The lowest BCUT2D eigenvalue weighted by Gasteiger charge is -2.32. The highest BCUT2D eigenvalue weighted by Crippen LogP contribution is 2.29. The molecular formula is C36H51N3O13. The standard InChI is InChI=1S/C36H51N3O13/c1-11-19(6)28-31(44)38-24(15-17(2)3)29(42)36(9,10)35(48)52-27(18(4)5)34(47)49-20(7)25(33(46)50-21(8)32(45)51-28)39-30(43)22-13-12-14-23(26(22)41)37-16-40/h12-14,16-21,24-25,27-28,41H,11,15H2,1-10H3,(H,37,40)(H,38,44)(H,39,43)/t19?,20-,21+,24?,25?,27+,28?/m1/s1. The number of benzene rings is 1. The molecule has 0 radical (unpaired) electrons. The molecule has 3 amide bonds. The van der Waals surface area contributed by atoms with Gasteiger partial charge >= 0.3 is 23.9 Å². The number of amides is 3. The number of Topliss-reactive ketones (excluding diaryl/α,β-unsaturated/α-hetero) is 1. The Bertz CT molecular complexity index is 1520. The molecule has 1 aromatic carbocycles. The number of phenols is 1. The van der Waals surface area contributed by atoms with Gasteiger partial charge in [0, 0.05) is 11.8 Å². The number of carbonyl (C=O) groups excluding carboxylic acids is 8. The predicted molar refractivity (Wildman–Crippen MR) is 184 cm³/mol. The van der Waals surface area contributed by atoms with Crippen molar-refractivity contribution < 1.29 is 62.4 Å². The molecule has 1 aliphatic heterocycles. The third kappa shape index (κ3) is 10.7. The van der Waals surface area contributed by atoms with Crippen molar-refractivity contribution in [3.05, 3.63) is 23.8 Å². The van der Waals surface area contributed by atoms with Gasteiger partial charge in [-0.05, 0) is 58.6 Å². The number of hydrogen-bond donors (Lipinski definition) is 4. The second-order valence-electron chi connectivity index (χ2n) is 14.1. The molecule has 1 aliphatic rings. The Kier molecular flexibility index (Phi) is 15.3. The summed E-state index contributed by atoms with van der Waals surface area (Å²) in [5.41, 5.74) is -2.39. The number of nitrogens with one attached hydrogen (secondary N) is 3.